The molecule has 0 amide bonds. The Labute approximate surface area is 119 Å². The number of halogens is 1. The summed E-state index contributed by atoms with van der Waals surface area (Å²) in [5.41, 5.74) is 2.30. The molecular formula is C15H13ClO4. The van der Waals surface area contributed by atoms with Crippen molar-refractivity contribution >= 4 is 33.5 Å². The number of hydrogen-bond donors (Lipinski definition) is 0. The van der Waals surface area contributed by atoms with E-state index in [-0.39, 0.29) is 0 Å². The summed E-state index contributed by atoms with van der Waals surface area (Å²) >= 11 is 5.99. The van der Waals surface area contributed by atoms with Crippen LogP contribution in [0.2, 0.25) is 0 Å². The predicted molar refractivity (Wildman–Crippen MR) is 77.8 cm³/mol. The van der Waals surface area contributed by atoms with E-state index in [4.69, 9.17) is 25.2 Å². The minimum Gasteiger partial charge on any atom is -0.490 e. The van der Waals surface area contributed by atoms with Crippen LogP contribution in [0, 0.1) is 13.8 Å². The second kappa shape index (κ2) is 4.56. The molecule has 0 atom stereocenters. The van der Waals surface area contributed by atoms with Gasteiger partial charge in [0.1, 0.15) is 5.76 Å². The van der Waals surface area contributed by atoms with Gasteiger partial charge < -0.3 is 13.6 Å². The Bertz CT molecular complexity index is 873. The highest BCUT2D eigenvalue weighted by atomic mass is 35.5. The Morgan fingerprint density at radius 2 is 1.85 bits per heavy atom. The molecule has 0 spiro atoms. The average molecular weight is 293 g/mol. The molecule has 0 radical (unpaired) electrons. The minimum atomic E-state index is -0.409. The van der Waals surface area contributed by atoms with Crippen molar-refractivity contribution in [2.45, 2.75) is 19.7 Å². The lowest BCUT2D eigenvalue weighted by Gasteiger charge is -2.06. The van der Waals surface area contributed by atoms with Crippen molar-refractivity contribution in [3.63, 3.8) is 0 Å². The topological polar surface area (TPSA) is 52.6 Å². The van der Waals surface area contributed by atoms with E-state index < -0.39 is 5.63 Å². The van der Waals surface area contributed by atoms with Crippen molar-refractivity contribution in [2.24, 2.45) is 0 Å². The van der Waals surface area contributed by atoms with Crippen molar-refractivity contribution in [1.82, 2.24) is 0 Å². The van der Waals surface area contributed by atoms with E-state index in [1.165, 1.54) is 13.2 Å². The third-order valence-corrected chi connectivity index (χ3v) is 3.76. The summed E-state index contributed by atoms with van der Waals surface area (Å²) in [5, 5.41) is 1.71. The van der Waals surface area contributed by atoms with Crippen LogP contribution in [0.15, 0.2) is 25.8 Å². The molecule has 3 rings (SSSR count). The first-order valence-corrected chi connectivity index (χ1v) is 6.69. The lowest BCUT2D eigenvalue weighted by atomic mass is 10.1. The highest BCUT2D eigenvalue weighted by Crippen LogP contribution is 2.39. The molecule has 104 valence electrons. The van der Waals surface area contributed by atoms with Crippen LogP contribution in [-0.2, 0) is 5.88 Å². The molecule has 0 aliphatic heterocycles. The Kier molecular flexibility index (Phi) is 2.98. The lowest BCUT2D eigenvalue weighted by Crippen LogP contribution is -1.99. The van der Waals surface area contributed by atoms with Gasteiger partial charge in [-0.2, -0.15) is 0 Å². The van der Waals surface area contributed by atoms with Crippen molar-refractivity contribution in [3.8, 4) is 5.75 Å². The van der Waals surface area contributed by atoms with Gasteiger partial charge in [-0.1, -0.05) is 0 Å². The number of aryl methyl sites for hydroxylation is 2. The second-order valence-corrected chi connectivity index (χ2v) is 4.95. The number of fused-ring (bicyclic) bond motifs is 2. The standard InChI is InChI=1S/C15H13ClO4/c1-7-4-12(17)20-13-9(7)5-10-11(6-16)8(2)19-14(10)15(13)18-3/h4-5H,6H2,1-3H3. The summed E-state index contributed by atoms with van der Waals surface area (Å²) in [6.45, 7) is 3.71. The maximum atomic E-state index is 11.6. The van der Waals surface area contributed by atoms with E-state index in [9.17, 15) is 4.79 Å². The second-order valence-electron chi connectivity index (χ2n) is 4.68. The lowest BCUT2D eigenvalue weighted by molar-refractivity contribution is 0.401. The summed E-state index contributed by atoms with van der Waals surface area (Å²) in [7, 11) is 1.52. The van der Waals surface area contributed by atoms with E-state index in [2.05, 4.69) is 0 Å². The number of methoxy groups -OCH3 is 1. The van der Waals surface area contributed by atoms with Gasteiger partial charge in [-0.3, -0.25) is 0 Å². The van der Waals surface area contributed by atoms with E-state index in [1.807, 2.05) is 19.9 Å². The largest absolute Gasteiger partial charge is 0.490 e. The van der Waals surface area contributed by atoms with Crippen LogP contribution < -0.4 is 10.4 Å². The fraction of sp³-hybridized carbons (Fsp3) is 0.267. The van der Waals surface area contributed by atoms with Crippen LogP contribution in [0.3, 0.4) is 0 Å². The van der Waals surface area contributed by atoms with Crippen molar-refractivity contribution < 1.29 is 13.6 Å². The monoisotopic (exact) mass is 292 g/mol. The molecular weight excluding hydrogens is 280 g/mol. The molecule has 0 N–H and O–H groups in total. The molecule has 5 heteroatoms. The fourth-order valence-electron chi connectivity index (χ4n) is 2.48. The Hall–Kier alpha value is -1.94. The van der Waals surface area contributed by atoms with Crippen LogP contribution in [-0.4, -0.2) is 7.11 Å². The molecule has 0 fully saturated rings. The maximum absolute atomic E-state index is 11.6. The van der Waals surface area contributed by atoms with Gasteiger partial charge in [0.25, 0.3) is 0 Å². The molecule has 4 nitrogen and oxygen atoms in total. The Morgan fingerprint density at radius 3 is 2.50 bits per heavy atom. The first-order valence-electron chi connectivity index (χ1n) is 6.16. The zero-order valence-electron chi connectivity index (χ0n) is 11.4. The Balaban J connectivity index is 2.60. The molecule has 1 aromatic carbocycles. The van der Waals surface area contributed by atoms with E-state index >= 15 is 0 Å². The van der Waals surface area contributed by atoms with Crippen LogP contribution in [0.1, 0.15) is 16.9 Å². The molecule has 0 aliphatic carbocycles. The molecule has 0 unspecified atom stereocenters. The number of hydrogen-bond acceptors (Lipinski definition) is 4. The number of ether oxygens (including phenoxy) is 1. The van der Waals surface area contributed by atoms with Crippen LogP contribution >= 0.6 is 11.6 Å². The molecule has 2 aromatic heterocycles. The zero-order valence-corrected chi connectivity index (χ0v) is 12.1. The van der Waals surface area contributed by atoms with Crippen LogP contribution in [0.4, 0.5) is 0 Å². The molecule has 20 heavy (non-hydrogen) atoms. The SMILES string of the molecule is COc1c2oc(=O)cc(C)c2cc2c(CCl)c(C)oc12. The summed E-state index contributed by atoms with van der Waals surface area (Å²) in [6.07, 6.45) is 0. The highest BCUT2D eigenvalue weighted by molar-refractivity contribution is 6.18. The van der Waals surface area contributed by atoms with Gasteiger partial charge in [-0.15, -0.1) is 11.6 Å². The van der Waals surface area contributed by atoms with Crippen molar-refractivity contribution in [2.75, 3.05) is 7.11 Å². The van der Waals surface area contributed by atoms with Crippen LogP contribution in [0.5, 0.6) is 5.75 Å². The van der Waals surface area contributed by atoms with Crippen molar-refractivity contribution in [3.05, 3.63) is 39.4 Å². The van der Waals surface area contributed by atoms with Gasteiger partial charge in [-0.05, 0) is 25.5 Å². The molecule has 0 bridgehead atoms. The summed E-state index contributed by atoms with van der Waals surface area (Å²) < 4.78 is 16.4. The molecule has 0 aliphatic rings. The van der Waals surface area contributed by atoms with Crippen molar-refractivity contribution in [1.29, 1.82) is 0 Å². The maximum Gasteiger partial charge on any atom is 0.336 e. The zero-order chi connectivity index (χ0) is 14.4. The number of furan rings is 1. The summed E-state index contributed by atoms with van der Waals surface area (Å²) in [5.74, 6) is 1.52. The van der Waals surface area contributed by atoms with Gasteiger partial charge in [0.2, 0.25) is 5.75 Å². The Morgan fingerprint density at radius 1 is 1.15 bits per heavy atom. The third-order valence-electron chi connectivity index (χ3n) is 3.50. The first-order chi connectivity index (χ1) is 9.56. The molecule has 0 saturated heterocycles. The van der Waals surface area contributed by atoms with Gasteiger partial charge >= 0.3 is 5.63 Å². The molecule has 3 aromatic rings. The van der Waals surface area contributed by atoms with Gasteiger partial charge in [0.15, 0.2) is 11.2 Å². The van der Waals surface area contributed by atoms with E-state index in [1.54, 1.807) is 0 Å². The van der Waals surface area contributed by atoms with Gasteiger partial charge in [-0.25, -0.2) is 4.79 Å². The van der Waals surface area contributed by atoms with Gasteiger partial charge in [0.05, 0.1) is 13.0 Å². The average Bonchev–Trinajstić information content (AvgIpc) is 2.71. The minimum absolute atomic E-state index is 0.351. The van der Waals surface area contributed by atoms with E-state index in [0.29, 0.717) is 22.8 Å². The molecule has 0 saturated carbocycles. The number of alkyl halides is 1. The molecule has 2 heterocycles. The quantitative estimate of drug-likeness (QED) is 0.531. The first kappa shape index (κ1) is 13.1. The summed E-state index contributed by atoms with van der Waals surface area (Å²) in [6, 6.07) is 3.39. The predicted octanol–water partition coefficient (Wildman–Crippen LogP) is 3.90. The summed E-state index contributed by atoms with van der Waals surface area (Å²) in [4.78, 5) is 11.6. The third kappa shape index (κ3) is 1.72. The van der Waals surface area contributed by atoms with E-state index in [0.717, 1.165) is 27.7 Å². The fourth-order valence-corrected chi connectivity index (χ4v) is 2.82. The number of benzene rings is 1. The normalized spacial score (nSPS) is 11.4. The van der Waals surface area contributed by atoms with Gasteiger partial charge in [0, 0.05) is 22.4 Å². The smallest absolute Gasteiger partial charge is 0.336 e. The number of rotatable bonds is 2. The highest BCUT2D eigenvalue weighted by Gasteiger charge is 2.20. The van der Waals surface area contributed by atoms with Crippen LogP contribution in [0.25, 0.3) is 21.9 Å².